The van der Waals surface area contributed by atoms with E-state index in [9.17, 15) is 0 Å². The fourth-order valence-electron chi connectivity index (χ4n) is 1.91. The average Bonchev–Trinajstić information content (AvgIpc) is 2.84. The second kappa shape index (κ2) is 4.35. The fourth-order valence-corrected chi connectivity index (χ4v) is 1.91. The molecule has 0 aliphatic heterocycles. The molecule has 0 aliphatic rings. The molecule has 96 valence electrons. The summed E-state index contributed by atoms with van der Waals surface area (Å²) in [7, 11) is 0. The monoisotopic (exact) mass is 253 g/mol. The van der Waals surface area contributed by atoms with Crippen LogP contribution in [0.2, 0.25) is 0 Å². The number of nitrogen functional groups attached to an aromatic ring is 1. The normalized spacial score (nSPS) is 11.3. The van der Waals surface area contributed by atoms with E-state index in [1.165, 1.54) is 0 Å². The van der Waals surface area contributed by atoms with Crippen LogP contribution in [0, 0.1) is 0 Å². The minimum Gasteiger partial charge on any atom is -0.369 e. The predicted octanol–water partition coefficient (Wildman–Crippen LogP) is 2.50. The summed E-state index contributed by atoms with van der Waals surface area (Å²) in [5.41, 5.74) is 7.88. The van der Waals surface area contributed by atoms with Crippen LogP contribution in [0.3, 0.4) is 0 Å². The molecule has 5 heteroatoms. The maximum atomic E-state index is 5.98. The molecule has 0 amide bonds. The zero-order chi connectivity index (χ0) is 13.4. The van der Waals surface area contributed by atoms with Crippen LogP contribution in [0.5, 0.6) is 0 Å². The van der Waals surface area contributed by atoms with Gasteiger partial charge in [0.15, 0.2) is 5.82 Å². The maximum absolute atomic E-state index is 5.98. The summed E-state index contributed by atoms with van der Waals surface area (Å²) in [5, 5.41) is 0. The van der Waals surface area contributed by atoms with Crippen molar-refractivity contribution in [3.8, 4) is 11.4 Å². The number of hydrogen-bond donors (Lipinski definition) is 1. The van der Waals surface area contributed by atoms with Gasteiger partial charge < -0.3 is 5.73 Å². The number of benzene rings is 1. The standard InChI is InChI=1S/C14H15N5/c1-9(2)11-8-19-13(15)17-12(18-14(19)16-11)10-6-4-3-5-7-10/h3-9H,1-2H3,(H2,15,16,17,18). The van der Waals surface area contributed by atoms with E-state index in [4.69, 9.17) is 5.73 Å². The molecule has 2 N–H and O–H groups in total. The molecule has 2 heterocycles. The van der Waals surface area contributed by atoms with Crippen molar-refractivity contribution in [1.82, 2.24) is 19.4 Å². The van der Waals surface area contributed by atoms with Crippen LogP contribution in [0.4, 0.5) is 5.95 Å². The van der Waals surface area contributed by atoms with Crippen molar-refractivity contribution >= 4 is 11.7 Å². The SMILES string of the molecule is CC(C)c1cn2c(N)nc(-c3ccccc3)nc2n1. The lowest BCUT2D eigenvalue weighted by molar-refractivity contribution is 0.833. The third kappa shape index (κ3) is 2.03. The molecule has 3 aromatic rings. The molecule has 5 nitrogen and oxygen atoms in total. The molecule has 2 aromatic heterocycles. The number of nitrogens with zero attached hydrogens (tertiary/aromatic N) is 4. The van der Waals surface area contributed by atoms with Gasteiger partial charge in [-0.2, -0.15) is 9.97 Å². The van der Waals surface area contributed by atoms with Gasteiger partial charge in [-0.1, -0.05) is 44.2 Å². The quantitative estimate of drug-likeness (QED) is 0.761. The van der Waals surface area contributed by atoms with Crippen molar-refractivity contribution in [2.45, 2.75) is 19.8 Å². The zero-order valence-corrected chi connectivity index (χ0v) is 10.9. The van der Waals surface area contributed by atoms with Gasteiger partial charge in [-0.15, -0.1) is 0 Å². The first-order chi connectivity index (χ1) is 9.15. The van der Waals surface area contributed by atoms with E-state index in [1.807, 2.05) is 36.5 Å². The Bertz CT molecular complexity index is 715. The Labute approximate surface area is 111 Å². The summed E-state index contributed by atoms with van der Waals surface area (Å²) >= 11 is 0. The van der Waals surface area contributed by atoms with E-state index in [-0.39, 0.29) is 0 Å². The van der Waals surface area contributed by atoms with E-state index in [0.717, 1.165) is 11.3 Å². The Kier molecular flexibility index (Phi) is 2.67. The molecule has 3 rings (SSSR count). The van der Waals surface area contributed by atoms with Crippen molar-refractivity contribution in [1.29, 1.82) is 0 Å². The summed E-state index contributed by atoms with van der Waals surface area (Å²) < 4.78 is 1.72. The minimum absolute atomic E-state index is 0.335. The number of nitrogens with two attached hydrogens (primary N) is 1. The van der Waals surface area contributed by atoms with Crippen LogP contribution in [0.25, 0.3) is 17.2 Å². The van der Waals surface area contributed by atoms with E-state index >= 15 is 0 Å². The Morgan fingerprint density at radius 2 is 1.79 bits per heavy atom. The van der Waals surface area contributed by atoms with Crippen LogP contribution in [-0.4, -0.2) is 19.4 Å². The van der Waals surface area contributed by atoms with Gasteiger partial charge in [-0.05, 0) is 5.92 Å². The van der Waals surface area contributed by atoms with Crippen LogP contribution in [-0.2, 0) is 0 Å². The number of anilines is 1. The summed E-state index contributed by atoms with van der Waals surface area (Å²) in [5.74, 6) is 1.94. The average molecular weight is 253 g/mol. The lowest BCUT2D eigenvalue weighted by atomic mass is 10.2. The Hall–Kier alpha value is -2.43. The molecular formula is C14H15N5. The van der Waals surface area contributed by atoms with Crippen LogP contribution < -0.4 is 5.73 Å². The predicted molar refractivity (Wildman–Crippen MR) is 74.7 cm³/mol. The van der Waals surface area contributed by atoms with Crippen LogP contribution in [0.15, 0.2) is 36.5 Å². The second-order valence-electron chi connectivity index (χ2n) is 4.76. The highest BCUT2D eigenvalue weighted by molar-refractivity contribution is 5.58. The summed E-state index contributed by atoms with van der Waals surface area (Å²) in [6.07, 6.45) is 1.89. The maximum Gasteiger partial charge on any atom is 0.238 e. The molecule has 0 aliphatic carbocycles. The van der Waals surface area contributed by atoms with E-state index in [1.54, 1.807) is 4.40 Å². The van der Waals surface area contributed by atoms with Gasteiger partial charge in [0.2, 0.25) is 11.7 Å². The number of hydrogen-bond acceptors (Lipinski definition) is 4. The van der Waals surface area contributed by atoms with Gasteiger partial charge >= 0.3 is 0 Å². The number of rotatable bonds is 2. The summed E-state index contributed by atoms with van der Waals surface area (Å²) in [6, 6.07) is 9.77. The molecular weight excluding hydrogens is 238 g/mol. The van der Waals surface area contributed by atoms with Crippen molar-refractivity contribution in [2.24, 2.45) is 0 Å². The largest absolute Gasteiger partial charge is 0.369 e. The molecule has 0 spiro atoms. The Balaban J connectivity index is 2.19. The molecule has 19 heavy (non-hydrogen) atoms. The van der Waals surface area contributed by atoms with Crippen LogP contribution in [0.1, 0.15) is 25.5 Å². The summed E-state index contributed by atoms with van der Waals surface area (Å²) in [6.45, 7) is 4.17. The lowest BCUT2D eigenvalue weighted by Gasteiger charge is -2.02. The molecule has 0 bridgehead atoms. The number of imidazole rings is 1. The molecule has 0 saturated carbocycles. The topological polar surface area (TPSA) is 69.1 Å². The first-order valence-corrected chi connectivity index (χ1v) is 6.23. The number of fused-ring (bicyclic) bond motifs is 1. The van der Waals surface area contributed by atoms with Gasteiger partial charge in [-0.3, -0.25) is 4.40 Å². The highest BCUT2D eigenvalue weighted by Crippen LogP contribution is 2.19. The second-order valence-corrected chi connectivity index (χ2v) is 4.76. The molecule has 0 atom stereocenters. The van der Waals surface area contributed by atoms with E-state index in [2.05, 4.69) is 28.8 Å². The third-order valence-corrected chi connectivity index (χ3v) is 3.00. The van der Waals surface area contributed by atoms with Gasteiger partial charge in [-0.25, -0.2) is 4.98 Å². The van der Waals surface area contributed by atoms with E-state index in [0.29, 0.717) is 23.5 Å². The van der Waals surface area contributed by atoms with Crippen molar-refractivity contribution in [3.05, 3.63) is 42.2 Å². The molecule has 1 aromatic carbocycles. The fraction of sp³-hybridized carbons (Fsp3) is 0.214. The zero-order valence-electron chi connectivity index (χ0n) is 10.9. The third-order valence-electron chi connectivity index (χ3n) is 3.00. The number of aromatic nitrogens is 4. The van der Waals surface area contributed by atoms with Gasteiger partial charge in [0.25, 0.3) is 0 Å². The van der Waals surface area contributed by atoms with Gasteiger partial charge in [0.1, 0.15) is 0 Å². The first kappa shape index (κ1) is 11.6. The minimum atomic E-state index is 0.335. The molecule has 0 saturated heterocycles. The van der Waals surface area contributed by atoms with Gasteiger partial charge in [0, 0.05) is 11.8 Å². The highest BCUT2D eigenvalue weighted by Gasteiger charge is 2.11. The van der Waals surface area contributed by atoms with Crippen molar-refractivity contribution in [3.63, 3.8) is 0 Å². The highest BCUT2D eigenvalue weighted by atomic mass is 15.2. The summed E-state index contributed by atoms with van der Waals surface area (Å²) in [4.78, 5) is 13.3. The molecule has 0 radical (unpaired) electrons. The van der Waals surface area contributed by atoms with E-state index < -0.39 is 0 Å². The molecule has 0 unspecified atom stereocenters. The lowest BCUT2D eigenvalue weighted by Crippen LogP contribution is -2.03. The smallest absolute Gasteiger partial charge is 0.238 e. The molecule has 0 fully saturated rings. The Morgan fingerprint density at radius 1 is 1.05 bits per heavy atom. The van der Waals surface area contributed by atoms with Crippen molar-refractivity contribution < 1.29 is 0 Å². The van der Waals surface area contributed by atoms with Crippen LogP contribution >= 0.6 is 0 Å². The first-order valence-electron chi connectivity index (χ1n) is 6.23. The van der Waals surface area contributed by atoms with Crippen molar-refractivity contribution in [2.75, 3.05) is 5.73 Å². The Morgan fingerprint density at radius 3 is 2.47 bits per heavy atom. The van der Waals surface area contributed by atoms with Gasteiger partial charge in [0.05, 0.1) is 5.69 Å².